The van der Waals surface area contributed by atoms with Gasteiger partial charge in [0.25, 0.3) is 0 Å². The third-order valence-corrected chi connectivity index (χ3v) is 3.19. The number of rotatable bonds is 6. The van der Waals surface area contributed by atoms with E-state index in [-0.39, 0.29) is 0 Å². The lowest BCUT2D eigenvalue weighted by Gasteiger charge is -2.21. The fourth-order valence-corrected chi connectivity index (χ4v) is 0.699. The van der Waals surface area contributed by atoms with E-state index in [1.165, 1.54) is 12.8 Å². The molecule has 4 nitrogen and oxygen atoms in total. The maximum absolute atomic E-state index is 5.31. The molecule has 0 fully saturated rings. The number of methoxy groups -OCH3 is 1. The number of nitrogens with one attached hydrogen (secondary N) is 1. The van der Waals surface area contributed by atoms with Crippen molar-refractivity contribution in [1.29, 1.82) is 0 Å². The molecule has 0 rings (SSSR count). The molecule has 0 aromatic heterocycles. The molecule has 0 saturated carbocycles. The van der Waals surface area contributed by atoms with Crippen molar-refractivity contribution >= 4 is 0 Å². The topological polar surface area (TPSA) is 56.5 Å². The smallest absolute Gasteiger partial charge is 0.0962 e. The summed E-state index contributed by atoms with van der Waals surface area (Å²) in [5.41, 5.74) is 6.56. The van der Waals surface area contributed by atoms with Crippen molar-refractivity contribution < 1.29 is 9.47 Å². The molecule has 0 heterocycles. The summed E-state index contributed by atoms with van der Waals surface area (Å²) in [4.78, 5) is 0. The summed E-state index contributed by atoms with van der Waals surface area (Å²) in [6.07, 6.45) is 3.63. The van der Waals surface area contributed by atoms with E-state index < -0.39 is 0 Å². The Bertz CT molecular complexity index is 243. The minimum atomic E-state index is 0.438. The molecule has 0 aromatic rings. The molecular weight excluding hydrogens is 324 g/mol. The zero-order chi connectivity index (χ0) is 22.2. The zero-order valence-electron chi connectivity index (χ0n) is 20.6. The minimum absolute atomic E-state index is 0.438. The highest BCUT2D eigenvalue weighted by Gasteiger charge is 2.13. The monoisotopic (exact) mass is 378 g/mol. The summed E-state index contributed by atoms with van der Waals surface area (Å²) in [5.74, 6) is 0. The lowest BCUT2D eigenvalue weighted by atomic mass is 9.87. The molecular formula is C22H54N2O2. The summed E-state index contributed by atoms with van der Waals surface area (Å²) in [6.45, 7) is 26.3. The van der Waals surface area contributed by atoms with Crippen molar-refractivity contribution in [2.75, 3.05) is 34.6 Å². The van der Waals surface area contributed by atoms with Crippen LogP contribution in [0.15, 0.2) is 12.3 Å². The summed E-state index contributed by atoms with van der Waals surface area (Å²) in [7, 11) is 5.14. The highest BCUT2D eigenvalue weighted by molar-refractivity contribution is 4.76. The van der Waals surface area contributed by atoms with Gasteiger partial charge in [-0.05, 0) is 36.9 Å². The van der Waals surface area contributed by atoms with E-state index in [0.717, 1.165) is 13.0 Å². The third kappa shape index (κ3) is 76.3. The Labute approximate surface area is 167 Å². The number of allylic oxidation sites excluding steroid dienone is 1. The summed E-state index contributed by atoms with van der Waals surface area (Å²) in [5, 5.41) is 2.95. The van der Waals surface area contributed by atoms with E-state index >= 15 is 0 Å². The Morgan fingerprint density at radius 2 is 1.31 bits per heavy atom. The maximum Gasteiger partial charge on any atom is 0.0962 e. The van der Waals surface area contributed by atoms with Gasteiger partial charge in [-0.15, -0.1) is 0 Å². The highest BCUT2D eigenvalue weighted by atomic mass is 16.5. The SMILES string of the molecule is C=C(C)N.CC.CCC(C)(C)C.CCC(C)(C)CCOCNC.COC. The van der Waals surface area contributed by atoms with Gasteiger partial charge in [0.2, 0.25) is 0 Å². The van der Waals surface area contributed by atoms with Crippen LogP contribution in [0, 0.1) is 10.8 Å². The second kappa shape index (κ2) is 26.6. The van der Waals surface area contributed by atoms with Gasteiger partial charge in [-0.3, -0.25) is 5.32 Å². The van der Waals surface area contributed by atoms with Crippen LogP contribution in [0.3, 0.4) is 0 Å². The largest absolute Gasteiger partial charge is 0.403 e. The molecule has 0 aromatic carbocycles. The molecule has 164 valence electrons. The fourth-order valence-electron chi connectivity index (χ4n) is 0.699. The normalized spacial score (nSPS) is 9.73. The van der Waals surface area contributed by atoms with E-state index in [9.17, 15) is 0 Å². The van der Waals surface area contributed by atoms with E-state index in [4.69, 9.17) is 10.5 Å². The Morgan fingerprint density at radius 3 is 1.50 bits per heavy atom. The van der Waals surface area contributed by atoms with Crippen LogP contribution < -0.4 is 11.1 Å². The average molecular weight is 379 g/mol. The van der Waals surface area contributed by atoms with Gasteiger partial charge < -0.3 is 15.2 Å². The zero-order valence-corrected chi connectivity index (χ0v) is 20.6. The van der Waals surface area contributed by atoms with E-state index in [2.05, 4.69) is 65.1 Å². The van der Waals surface area contributed by atoms with Crippen molar-refractivity contribution in [2.45, 2.75) is 88.5 Å². The van der Waals surface area contributed by atoms with Gasteiger partial charge in [0, 0.05) is 20.8 Å². The van der Waals surface area contributed by atoms with Gasteiger partial charge in [0.1, 0.15) is 0 Å². The first-order valence-electron chi connectivity index (χ1n) is 9.86. The van der Waals surface area contributed by atoms with Crippen LogP contribution in [-0.4, -0.2) is 34.6 Å². The number of hydrogen-bond acceptors (Lipinski definition) is 4. The molecule has 0 saturated heterocycles. The molecule has 0 spiro atoms. The summed E-state index contributed by atoms with van der Waals surface area (Å²) >= 11 is 0. The molecule has 0 amide bonds. The van der Waals surface area contributed by atoms with Crippen LogP contribution in [0.1, 0.15) is 88.5 Å². The first-order chi connectivity index (χ1) is 11.8. The van der Waals surface area contributed by atoms with Crippen LogP contribution in [0.5, 0.6) is 0 Å². The molecule has 0 atom stereocenters. The quantitative estimate of drug-likeness (QED) is 0.426. The molecule has 3 N–H and O–H groups in total. The third-order valence-electron chi connectivity index (χ3n) is 3.19. The van der Waals surface area contributed by atoms with E-state index in [1.54, 1.807) is 21.1 Å². The molecule has 4 heteroatoms. The Morgan fingerprint density at radius 1 is 1.00 bits per heavy atom. The second-order valence-electron chi connectivity index (χ2n) is 7.84. The van der Waals surface area contributed by atoms with Crippen molar-refractivity contribution in [2.24, 2.45) is 16.6 Å². The van der Waals surface area contributed by atoms with Crippen molar-refractivity contribution in [1.82, 2.24) is 5.32 Å². The van der Waals surface area contributed by atoms with Crippen molar-refractivity contribution in [3.05, 3.63) is 12.3 Å². The maximum atomic E-state index is 5.31. The van der Waals surface area contributed by atoms with Gasteiger partial charge in [-0.25, -0.2) is 0 Å². The molecule has 0 aliphatic carbocycles. The molecule has 26 heavy (non-hydrogen) atoms. The second-order valence-corrected chi connectivity index (χ2v) is 7.84. The molecule has 0 unspecified atom stereocenters. The highest BCUT2D eigenvalue weighted by Crippen LogP contribution is 2.23. The van der Waals surface area contributed by atoms with Gasteiger partial charge in [-0.2, -0.15) is 0 Å². The lowest BCUT2D eigenvalue weighted by Crippen LogP contribution is -2.17. The Balaban J connectivity index is -0.0000000827. The van der Waals surface area contributed by atoms with Crippen LogP contribution in [0.4, 0.5) is 0 Å². The molecule has 0 radical (unpaired) electrons. The lowest BCUT2D eigenvalue weighted by molar-refractivity contribution is 0.0930. The Kier molecular flexibility index (Phi) is 37.3. The first kappa shape index (κ1) is 36.4. The van der Waals surface area contributed by atoms with Crippen molar-refractivity contribution in [3.8, 4) is 0 Å². The average Bonchev–Trinajstić information content (AvgIpc) is 2.54. The summed E-state index contributed by atoms with van der Waals surface area (Å²) in [6, 6.07) is 0. The van der Waals surface area contributed by atoms with E-state index in [0.29, 0.717) is 23.3 Å². The Hall–Kier alpha value is -0.580. The number of nitrogens with two attached hydrogens (primary N) is 1. The summed E-state index contributed by atoms with van der Waals surface area (Å²) < 4.78 is 9.56. The van der Waals surface area contributed by atoms with Gasteiger partial charge in [0.15, 0.2) is 0 Å². The predicted octanol–water partition coefficient (Wildman–Crippen LogP) is 6.22. The number of hydrogen-bond donors (Lipinski definition) is 2. The molecule has 0 aliphatic heterocycles. The fraction of sp³-hybridized carbons (Fsp3) is 0.909. The van der Waals surface area contributed by atoms with Crippen LogP contribution in [0.25, 0.3) is 0 Å². The molecule has 0 bridgehead atoms. The first-order valence-corrected chi connectivity index (χ1v) is 9.86. The standard InChI is InChI=1S/C9H21NO.C6H14.C3H7N.C2H6O.C2H6/c1-5-9(2,3)6-7-11-8-10-4;1-5-6(2,3)4;1-3(2)4;1-3-2;1-2/h10H,5-8H2,1-4H3;5H2,1-4H3;1,4H2,2H3;1-2H3;1-2H3. The van der Waals surface area contributed by atoms with Crippen LogP contribution in [-0.2, 0) is 9.47 Å². The molecule has 0 aliphatic rings. The van der Waals surface area contributed by atoms with E-state index in [1.807, 2.05) is 20.9 Å². The van der Waals surface area contributed by atoms with Crippen LogP contribution in [0.2, 0.25) is 0 Å². The van der Waals surface area contributed by atoms with Crippen molar-refractivity contribution in [3.63, 3.8) is 0 Å². The minimum Gasteiger partial charge on any atom is -0.403 e. The van der Waals surface area contributed by atoms with Crippen LogP contribution >= 0.6 is 0 Å². The van der Waals surface area contributed by atoms with Gasteiger partial charge in [-0.1, -0.05) is 81.7 Å². The van der Waals surface area contributed by atoms with Gasteiger partial charge in [0.05, 0.1) is 6.73 Å². The number of ether oxygens (including phenoxy) is 2. The van der Waals surface area contributed by atoms with Gasteiger partial charge >= 0.3 is 0 Å². The predicted molar refractivity (Wildman–Crippen MR) is 122 cm³/mol.